The molecule has 0 aromatic heterocycles. The predicted octanol–water partition coefficient (Wildman–Crippen LogP) is 1.73. The van der Waals surface area contributed by atoms with E-state index in [1.165, 1.54) is 5.56 Å². The number of nitrogens with one attached hydrogen (secondary N) is 2. The summed E-state index contributed by atoms with van der Waals surface area (Å²) in [6.07, 6.45) is 1.03. The normalized spacial score (nSPS) is 21.4. The molecule has 124 valence electrons. The highest BCUT2D eigenvalue weighted by atomic mass is 32.2. The molecule has 0 bridgehead atoms. The van der Waals surface area contributed by atoms with Crippen molar-refractivity contribution in [1.82, 2.24) is 14.3 Å². The number of hydrogen-bond acceptors (Lipinski definition) is 3. The van der Waals surface area contributed by atoms with Gasteiger partial charge >= 0.3 is 0 Å². The maximum absolute atomic E-state index is 11.9. The number of nitrogens with zero attached hydrogens (tertiary/aromatic N) is 1. The third kappa shape index (κ3) is 5.35. The lowest BCUT2D eigenvalue weighted by atomic mass is 10.0. The standard InChI is InChI=1S/C16H27N3O2S/c1-13(2)17-22(20,21)18-14(3)16-9-10-19(12-16)11-15-7-5-4-6-8-15/h4-8,13-14,16-18H,9-12H2,1-3H3/t14-,16-/m1/s1. The first-order valence-corrected chi connectivity index (χ1v) is 9.40. The van der Waals surface area contributed by atoms with Crippen LogP contribution in [0.4, 0.5) is 0 Å². The van der Waals surface area contributed by atoms with Gasteiger partial charge in [0.15, 0.2) is 0 Å². The second kappa shape index (κ2) is 7.55. The molecule has 1 fully saturated rings. The van der Waals surface area contributed by atoms with Crippen LogP contribution in [0.1, 0.15) is 32.8 Å². The summed E-state index contributed by atoms with van der Waals surface area (Å²) in [6.45, 7) is 8.48. The smallest absolute Gasteiger partial charge is 0.277 e. The highest BCUT2D eigenvalue weighted by molar-refractivity contribution is 7.87. The van der Waals surface area contributed by atoms with Gasteiger partial charge in [-0.2, -0.15) is 17.9 Å². The molecule has 2 rings (SSSR count). The highest BCUT2D eigenvalue weighted by Gasteiger charge is 2.29. The van der Waals surface area contributed by atoms with Crippen LogP contribution in [0.3, 0.4) is 0 Å². The van der Waals surface area contributed by atoms with Crippen molar-refractivity contribution in [2.75, 3.05) is 13.1 Å². The Balaban J connectivity index is 1.84. The Hall–Kier alpha value is -0.950. The molecule has 0 spiro atoms. The summed E-state index contributed by atoms with van der Waals surface area (Å²) >= 11 is 0. The zero-order valence-corrected chi connectivity index (χ0v) is 14.4. The van der Waals surface area contributed by atoms with Gasteiger partial charge in [0.2, 0.25) is 0 Å². The molecule has 2 atom stereocenters. The molecule has 1 aliphatic heterocycles. The lowest BCUT2D eigenvalue weighted by molar-refractivity contribution is 0.304. The quantitative estimate of drug-likeness (QED) is 0.802. The second-order valence-electron chi connectivity index (χ2n) is 6.45. The molecule has 2 N–H and O–H groups in total. The van der Waals surface area contributed by atoms with Gasteiger partial charge < -0.3 is 0 Å². The van der Waals surface area contributed by atoms with Crippen LogP contribution < -0.4 is 9.44 Å². The molecule has 5 nitrogen and oxygen atoms in total. The van der Waals surface area contributed by atoms with Crippen LogP contribution in [0.15, 0.2) is 30.3 Å². The fourth-order valence-electron chi connectivity index (χ4n) is 2.94. The van der Waals surface area contributed by atoms with E-state index in [1.807, 2.05) is 26.8 Å². The van der Waals surface area contributed by atoms with Gasteiger partial charge in [-0.05, 0) is 45.2 Å². The van der Waals surface area contributed by atoms with Crippen LogP contribution in [0.5, 0.6) is 0 Å². The Kier molecular flexibility index (Phi) is 5.97. The van der Waals surface area contributed by atoms with Crippen molar-refractivity contribution in [3.63, 3.8) is 0 Å². The number of rotatable bonds is 7. The second-order valence-corrected chi connectivity index (χ2v) is 7.93. The van der Waals surface area contributed by atoms with Crippen LogP contribution in [0.25, 0.3) is 0 Å². The van der Waals surface area contributed by atoms with E-state index >= 15 is 0 Å². The topological polar surface area (TPSA) is 61.4 Å². The summed E-state index contributed by atoms with van der Waals surface area (Å²) in [5, 5.41) is 0. The first-order valence-electron chi connectivity index (χ1n) is 7.91. The van der Waals surface area contributed by atoms with Gasteiger partial charge in [0.1, 0.15) is 0 Å². The van der Waals surface area contributed by atoms with Crippen molar-refractivity contribution in [3.8, 4) is 0 Å². The number of hydrogen-bond donors (Lipinski definition) is 2. The molecule has 6 heteroatoms. The van der Waals surface area contributed by atoms with E-state index in [2.05, 4.69) is 38.6 Å². The lowest BCUT2D eigenvalue weighted by Gasteiger charge is -2.22. The van der Waals surface area contributed by atoms with Gasteiger partial charge in [-0.3, -0.25) is 4.90 Å². The average molecular weight is 325 g/mol. The SMILES string of the molecule is CC(C)NS(=O)(=O)N[C@H](C)[C@@H]1CCN(Cc2ccccc2)C1. The zero-order chi connectivity index (χ0) is 16.2. The number of likely N-dealkylation sites (tertiary alicyclic amines) is 1. The van der Waals surface area contributed by atoms with Crippen LogP contribution in [-0.4, -0.2) is 38.5 Å². The monoisotopic (exact) mass is 325 g/mol. The van der Waals surface area contributed by atoms with Crippen molar-refractivity contribution in [3.05, 3.63) is 35.9 Å². The molecular formula is C16H27N3O2S. The summed E-state index contributed by atoms with van der Waals surface area (Å²) in [4.78, 5) is 2.39. The van der Waals surface area contributed by atoms with Crippen molar-refractivity contribution in [2.45, 2.75) is 45.8 Å². The largest absolute Gasteiger partial charge is 0.299 e. The van der Waals surface area contributed by atoms with Crippen LogP contribution in [0, 0.1) is 5.92 Å². The van der Waals surface area contributed by atoms with Gasteiger partial charge in [-0.25, -0.2) is 0 Å². The fraction of sp³-hybridized carbons (Fsp3) is 0.625. The molecule has 1 aromatic carbocycles. The van der Waals surface area contributed by atoms with E-state index in [9.17, 15) is 8.42 Å². The van der Waals surface area contributed by atoms with Crippen LogP contribution in [-0.2, 0) is 16.8 Å². The molecular weight excluding hydrogens is 298 g/mol. The van der Waals surface area contributed by atoms with E-state index in [4.69, 9.17) is 0 Å². The third-order valence-corrected chi connectivity index (χ3v) is 5.46. The molecule has 0 radical (unpaired) electrons. The van der Waals surface area contributed by atoms with E-state index in [1.54, 1.807) is 0 Å². The minimum Gasteiger partial charge on any atom is -0.299 e. The third-order valence-electron chi connectivity index (χ3n) is 4.00. The Morgan fingerprint density at radius 1 is 1.18 bits per heavy atom. The number of benzene rings is 1. The van der Waals surface area contributed by atoms with Crippen molar-refractivity contribution < 1.29 is 8.42 Å². The van der Waals surface area contributed by atoms with Gasteiger partial charge in [-0.15, -0.1) is 0 Å². The first kappa shape index (κ1) is 17.4. The minimum absolute atomic E-state index is 0.0583. The average Bonchev–Trinajstić information content (AvgIpc) is 2.86. The molecule has 0 saturated carbocycles. The Labute approximate surface area is 134 Å². The predicted molar refractivity (Wildman–Crippen MR) is 89.6 cm³/mol. The molecule has 0 aliphatic carbocycles. The van der Waals surface area contributed by atoms with E-state index in [0.717, 1.165) is 26.1 Å². The Morgan fingerprint density at radius 3 is 2.50 bits per heavy atom. The van der Waals surface area contributed by atoms with Gasteiger partial charge in [-0.1, -0.05) is 30.3 Å². The van der Waals surface area contributed by atoms with Crippen molar-refractivity contribution in [1.29, 1.82) is 0 Å². The van der Waals surface area contributed by atoms with Gasteiger partial charge in [0, 0.05) is 25.2 Å². The minimum atomic E-state index is -3.41. The lowest BCUT2D eigenvalue weighted by Crippen LogP contribution is -2.47. The maximum Gasteiger partial charge on any atom is 0.277 e. The molecule has 1 saturated heterocycles. The van der Waals surface area contributed by atoms with Crippen LogP contribution >= 0.6 is 0 Å². The Morgan fingerprint density at radius 2 is 1.86 bits per heavy atom. The fourth-order valence-corrected chi connectivity index (χ4v) is 4.31. The molecule has 1 aromatic rings. The van der Waals surface area contributed by atoms with E-state index < -0.39 is 10.2 Å². The first-order chi connectivity index (χ1) is 10.4. The highest BCUT2D eigenvalue weighted by Crippen LogP contribution is 2.21. The van der Waals surface area contributed by atoms with Crippen molar-refractivity contribution >= 4 is 10.2 Å². The molecule has 1 aliphatic rings. The summed E-state index contributed by atoms with van der Waals surface area (Å²) in [6, 6.07) is 10.2. The van der Waals surface area contributed by atoms with Gasteiger partial charge in [0.25, 0.3) is 10.2 Å². The maximum atomic E-state index is 11.9. The Bertz CT molecular complexity index is 560. The summed E-state index contributed by atoms with van der Waals surface area (Å²) < 4.78 is 29.2. The molecule has 1 heterocycles. The van der Waals surface area contributed by atoms with Crippen molar-refractivity contribution in [2.24, 2.45) is 5.92 Å². The summed E-state index contributed by atoms with van der Waals surface area (Å²) in [5.74, 6) is 0.354. The van der Waals surface area contributed by atoms with Crippen LogP contribution in [0.2, 0.25) is 0 Å². The summed E-state index contributed by atoms with van der Waals surface area (Å²) in [7, 11) is -3.41. The van der Waals surface area contributed by atoms with Gasteiger partial charge in [0.05, 0.1) is 0 Å². The summed E-state index contributed by atoms with van der Waals surface area (Å²) in [5.41, 5.74) is 1.30. The molecule has 0 amide bonds. The zero-order valence-electron chi connectivity index (χ0n) is 13.6. The van der Waals surface area contributed by atoms with E-state index in [-0.39, 0.29) is 12.1 Å². The molecule has 0 unspecified atom stereocenters. The molecule has 22 heavy (non-hydrogen) atoms. The van der Waals surface area contributed by atoms with E-state index in [0.29, 0.717) is 5.92 Å².